The highest BCUT2D eigenvalue weighted by molar-refractivity contribution is 5.82. The summed E-state index contributed by atoms with van der Waals surface area (Å²) in [6, 6.07) is 18.1. The minimum absolute atomic E-state index is 0.147. The molecule has 3 rings (SSSR count). The lowest BCUT2D eigenvalue weighted by molar-refractivity contribution is -0.166. The molecule has 0 bridgehead atoms. The minimum Gasteiger partial charge on any atom is -0.497 e. The van der Waals surface area contributed by atoms with Crippen LogP contribution in [0.4, 0.5) is 0 Å². The van der Waals surface area contributed by atoms with E-state index in [0.29, 0.717) is 6.42 Å². The van der Waals surface area contributed by atoms with E-state index in [1.807, 2.05) is 42.5 Å². The molecule has 2 aromatic carbocycles. The summed E-state index contributed by atoms with van der Waals surface area (Å²) in [5.41, 5.74) is 1.76. The molecule has 2 aromatic rings. The lowest BCUT2D eigenvalue weighted by Gasteiger charge is -2.50. The number of rotatable bonds is 6. The number of methoxy groups -OCH3 is 2. The summed E-state index contributed by atoms with van der Waals surface area (Å²) in [6.45, 7) is 1.62. The highest BCUT2D eigenvalue weighted by Crippen LogP contribution is 2.37. The third-order valence-corrected chi connectivity index (χ3v) is 4.84. The van der Waals surface area contributed by atoms with Gasteiger partial charge < -0.3 is 9.47 Å². The van der Waals surface area contributed by atoms with Gasteiger partial charge in [0.25, 0.3) is 0 Å². The van der Waals surface area contributed by atoms with E-state index in [9.17, 15) is 4.79 Å². The van der Waals surface area contributed by atoms with Crippen molar-refractivity contribution in [2.45, 2.75) is 24.9 Å². The molecule has 4 heteroatoms. The van der Waals surface area contributed by atoms with Crippen LogP contribution in [0, 0.1) is 0 Å². The molecular formula is C20H23NO3. The van der Waals surface area contributed by atoms with Crippen molar-refractivity contribution in [3.05, 3.63) is 65.7 Å². The van der Waals surface area contributed by atoms with Crippen LogP contribution in [0.1, 0.15) is 17.5 Å². The summed E-state index contributed by atoms with van der Waals surface area (Å²) in [7, 11) is 3.13. The highest BCUT2D eigenvalue weighted by Gasteiger charge is 2.51. The van der Waals surface area contributed by atoms with Gasteiger partial charge in [-0.1, -0.05) is 42.5 Å². The van der Waals surface area contributed by atoms with Crippen LogP contribution >= 0.6 is 0 Å². The first-order valence-corrected chi connectivity index (χ1v) is 8.18. The van der Waals surface area contributed by atoms with Gasteiger partial charge in [0, 0.05) is 19.5 Å². The molecule has 126 valence electrons. The van der Waals surface area contributed by atoms with Gasteiger partial charge in [-0.2, -0.15) is 0 Å². The molecular weight excluding hydrogens is 302 g/mol. The largest absolute Gasteiger partial charge is 0.497 e. The number of benzene rings is 2. The van der Waals surface area contributed by atoms with Crippen molar-refractivity contribution in [3.8, 4) is 5.75 Å². The normalized spacial score (nSPS) is 20.2. The fourth-order valence-electron chi connectivity index (χ4n) is 3.35. The predicted octanol–water partition coefficient (Wildman–Crippen LogP) is 3.06. The summed E-state index contributed by atoms with van der Waals surface area (Å²) in [6.07, 6.45) is 1.50. The van der Waals surface area contributed by atoms with Crippen LogP contribution in [0.5, 0.6) is 5.75 Å². The molecule has 0 unspecified atom stereocenters. The van der Waals surface area contributed by atoms with E-state index >= 15 is 0 Å². The van der Waals surface area contributed by atoms with E-state index in [-0.39, 0.29) is 5.97 Å². The Morgan fingerprint density at radius 2 is 1.75 bits per heavy atom. The molecule has 0 N–H and O–H groups in total. The van der Waals surface area contributed by atoms with Gasteiger partial charge in [0.2, 0.25) is 0 Å². The average molecular weight is 325 g/mol. The molecule has 1 heterocycles. The van der Waals surface area contributed by atoms with Crippen molar-refractivity contribution in [1.82, 2.24) is 4.90 Å². The summed E-state index contributed by atoms with van der Waals surface area (Å²) >= 11 is 0. The Hall–Kier alpha value is -2.33. The SMILES string of the molecule is COC(=O)[C@@]1(Cc2ccccc2)CCN1Cc1ccc(OC)cc1. The quantitative estimate of drug-likeness (QED) is 0.765. The summed E-state index contributed by atoms with van der Waals surface area (Å²) in [5, 5.41) is 0. The first-order valence-electron chi connectivity index (χ1n) is 8.18. The van der Waals surface area contributed by atoms with Crippen LogP contribution in [0.25, 0.3) is 0 Å². The molecule has 24 heavy (non-hydrogen) atoms. The average Bonchev–Trinajstić information content (AvgIpc) is 2.64. The molecule has 1 aliphatic rings. The number of hydrogen-bond donors (Lipinski definition) is 0. The number of hydrogen-bond acceptors (Lipinski definition) is 4. The molecule has 0 spiro atoms. The van der Waals surface area contributed by atoms with Crippen LogP contribution < -0.4 is 4.74 Å². The van der Waals surface area contributed by atoms with Crippen LogP contribution in [-0.4, -0.2) is 37.2 Å². The van der Waals surface area contributed by atoms with Crippen molar-refractivity contribution in [1.29, 1.82) is 0 Å². The van der Waals surface area contributed by atoms with Crippen molar-refractivity contribution in [2.75, 3.05) is 20.8 Å². The maximum Gasteiger partial charge on any atom is 0.326 e. The maximum atomic E-state index is 12.5. The fraction of sp³-hybridized carbons (Fsp3) is 0.350. The first kappa shape index (κ1) is 16.5. The second-order valence-corrected chi connectivity index (χ2v) is 6.21. The van der Waals surface area contributed by atoms with Crippen LogP contribution in [0.15, 0.2) is 54.6 Å². The van der Waals surface area contributed by atoms with Crippen molar-refractivity contribution in [2.24, 2.45) is 0 Å². The third-order valence-electron chi connectivity index (χ3n) is 4.84. The topological polar surface area (TPSA) is 38.8 Å². The van der Waals surface area contributed by atoms with Gasteiger partial charge in [-0.3, -0.25) is 9.69 Å². The fourth-order valence-corrected chi connectivity index (χ4v) is 3.35. The van der Waals surface area contributed by atoms with E-state index < -0.39 is 5.54 Å². The van der Waals surface area contributed by atoms with Crippen molar-refractivity contribution >= 4 is 5.97 Å². The molecule has 1 fully saturated rings. The predicted molar refractivity (Wildman–Crippen MR) is 92.9 cm³/mol. The van der Waals surface area contributed by atoms with Crippen LogP contribution in [0.3, 0.4) is 0 Å². The second kappa shape index (κ2) is 7.05. The Kier molecular flexibility index (Phi) is 4.86. The van der Waals surface area contributed by atoms with Gasteiger partial charge in [-0.05, 0) is 29.7 Å². The zero-order valence-corrected chi connectivity index (χ0v) is 14.2. The Labute approximate surface area is 143 Å². The standard InChI is InChI=1S/C20H23NO3/c1-23-18-10-8-17(9-11-18)15-21-13-12-20(21,19(22)24-2)14-16-6-4-3-5-7-16/h3-11H,12-15H2,1-2H3/t20-/m0/s1. The van der Waals surface area contributed by atoms with Gasteiger partial charge in [0.05, 0.1) is 14.2 Å². The number of carbonyl (C=O) groups excluding carboxylic acids is 1. The number of esters is 1. The van der Waals surface area contributed by atoms with Gasteiger partial charge in [0.15, 0.2) is 0 Å². The molecule has 0 aliphatic carbocycles. The summed E-state index contributed by atoms with van der Waals surface area (Å²) in [4.78, 5) is 14.8. The van der Waals surface area contributed by atoms with E-state index in [4.69, 9.17) is 9.47 Å². The monoisotopic (exact) mass is 325 g/mol. The van der Waals surface area contributed by atoms with Gasteiger partial charge >= 0.3 is 5.97 Å². The van der Waals surface area contributed by atoms with Crippen LogP contribution in [0.2, 0.25) is 0 Å². The van der Waals surface area contributed by atoms with E-state index in [1.165, 1.54) is 7.11 Å². The van der Waals surface area contributed by atoms with E-state index in [1.54, 1.807) is 7.11 Å². The van der Waals surface area contributed by atoms with Gasteiger partial charge in [-0.15, -0.1) is 0 Å². The highest BCUT2D eigenvalue weighted by atomic mass is 16.5. The Bertz CT molecular complexity index is 684. The lowest BCUT2D eigenvalue weighted by Crippen LogP contribution is -2.65. The van der Waals surface area contributed by atoms with E-state index in [2.05, 4.69) is 17.0 Å². The molecule has 1 saturated heterocycles. The van der Waals surface area contributed by atoms with Crippen molar-refractivity contribution < 1.29 is 14.3 Å². The summed E-state index contributed by atoms with van der Waals surface area (Å²) in [5.74, 6) is 0.692. The number of ether oxygens (including phenoxy) is 2. The number of likely N-dealkylation sites (tertiary alicyclic amines) is 1. The lowest BCUT2D eigenvalue weighted by atomic mass is 9.78. The molecule has 0 radical (unpaired) electrons. The zero-order valence-electron chi connectivity index (χ0n) is 14.2. The Morgan fingerprint density at radius 1 is 1.04 bits per heavy atom. The molecule has 1 aliphatic heterocycles. The Balaban J connectivity index is 1.79. The Morgan fingerprint density at radius 3 is 2.29 bits per heavy atom. The van der Waals surface area contributed by atoms with Crippen LogP contribution in [-0.2, 0) is 22.5 Å². The van der Waals surface area contributed by atoms with Gasteiger partial charge in [-0.25, -0.2) is 0 Å². The minimum atomic E-state index is -0.559. The summed E-state index contributed by atoms with van der Waals surface area (Å²) < 4.78 is 10.3. The first-order chi connectivity index (χ1) is 11.7. The number of carbonyl (C=O) groups is 1. The van der Waals surface area contributed by atoms with Gasteiger partial charge in [0.1, 0.15) is 11.3 Å². The zero-order chi connectivity index (χ0) is 17.0. The van der Waals surface area contributed by atoms with Crippen molar-refractivity contribution in [3.63, 3.8) is 0 Å². The maximum absolute atomic E-state index is 12.5. The molecule has 0 amide bonds. The third kappa shape index (κ3) is 3.15. The molecule has 1 atom stereocenters. The smallest absolute Gasteiger partial charge is 0.326 e. The van der Waals surface area contributed by atoms with E-state index in [0.717, 1.165) is 36.4 Å². The second-order valence-electron chi connectivity index (χ2n) is 6.21. The molecule has 0 aromatic heterocycles. The number of nitrogens with zero attached hydrogens (tertiary/aromatic N) is 1. The molecule has 4 nitrogen and oxygen atoms in total. The molecule has 0 saturated carbocycles.